The van der Waals surface area contributed by atoms with Crippen LogP contribution in [0, 0.1) is 0 Å². The van der Waals surface area contributed by atoms with Gasteiger partial charge in [0.25, 0.3) is 10.2 Å². The Kier molecular flexibility index (Phi) is 4.11. The van der Waals surface area contributed by atoms with Gasteiger partial charge in [0.2, 0.25) is 0 Å². The average molecular weight is 235 g/mol. The summed E-state index contributed by atoms with van der Waals surface area (Å²) in [5.74, 6) is 0. The van der Waals surface area contributed by atoms with Crippen LogP contribution in [0.4, 0.5) is 0 Å². The fourth-order valence-corrected chi connectivity index (χ4v) is 2.93. The molecule has 3 N–H and O–H groups in total. The minimum atomic E-state index is -3.35. The van der Waals surface area contributed by atoms with E-state index in [1.807, 2.05) is 6.92 Å². The van der Waals surface area contributed by atoms with Gasteiger partial charge in [0.15, 0.2) is 0 Å². The molecule has 0 aromatic rings. The maximum atomic E-state index is 11.5. The standard InChI is InChI=1S/C9H21N3O2S/c1-8(2)12-15(13,14)11-7-9(3)5-4-6-10-9/h8,10-12H,4-7H2,1-3H3. The van der Waals surface area contributed by atoms with Crippen LogP contribution in [-0.4, -0.2) is 33.1 Å². The Bertz CT molecular complexity index is 294. The van der Waals surface area contributed by atoms with Crippen LogP contribution in [0.1, 0.15) is 33.6 Å². The first kappa shape index (κ1) is 12.9. The van der Waals surface area contributed by atoms with Crippen molar-refractivity contribution in [1.82, 2.24) is 14.8 Å². The summed E-state index contributed by atoms with van der Waals surface area (Å²) in [6.07, 6.45) is 2.12. The molecule has 5 nitrogen and oxygen atoms in total. The second-order valence-corrected chi connectivity index (χ2v) is 6.22. The van der Waals surface area contributed by atoms with E-state index in [9.17, 15) is 8.42 Å². The Hall–Kier alpha value is -0.170. The lowest BCUT2D eigenvalue weighted by molar-refractivity contribution is 0.407. The van der Waals surface area contributed by atoms with E-state index in [1.165, 1.54) is 0 Å². The molecule has 1 saturated heterocycles. The van der Waals surface area contributed by atoms with Crippen molar-refractivity contribution in [2.75, 3.05) is 13.1 Å². The maximum Gasteiger partial charge on any atom is 0.277 e. The topological polar surface area (TPSA) is 70.2 Å². The second kappa shape index (κ2) is 4.78. The highest BCUT2D eigenvalue weighted by atomic mass is 32.2. The molecule has 0 spiro atoms. The Morgan fingerprint density at radius 2 is 2.13 bits per heavy atom. The summed E-state index contributed by atoms with van der Waals surface area (Å²) in [4.78, 5) is 0. The molecule has 90 valence electrons. The predicted octanol–water partition coefficient (Wildman–Crippen LogP) is -0.0391. The third-order valence-electron chi connectivity index (χ3n) is 2.50. The fourth-order valence-electron chi connectivity index (χ4n) is 1.71. The Morgan fingerprint density at radius 3 is 2.60 bits per heavy atom. The zero-order valence-electron chi connectivity index (χ0n) is 9.63. The normalized spacial score (nSPS) is 27.5. The first-order chi connectivity index (χ1) is 6.83. The second-order valence-electron chi connectivity index (χ2n) is 4.69. The van der Waals surface area contributed by atoms with Crippen molar-refractivity contribution in [1.29, 1.82) is 0 Å². The van der Waals surface area contributed by atoms with Gasteiger partial charge in [-0.05, 0) is 40.2 Å². The van der Waals surface area contributed by atoms with Crippen LogP contribution < -0.4 is 14.8 Å². The van der Waals surface area contributed by atoms with Crippen LogP contribution in [0.25, 0.3) is 0 Å². The van der Waals surface area contributed by atoms with Gasteiger partial charge in [0, 0.05) is 18.1 Å². The van der Waals surface area contributed by atoms with E-state index >= 15 is 0 Å². The van der Waals surface area contributed by atoms with Crippen LogP contribution in [0.5, 0.6) is 0 Å². The molecule has 0 aromatic carbocycles. The smallest absolute Gasteiger partial charge is 0.277 e. The molecule has 0 radical (unpaired) electrons. The van der Waals surface area contributed by atoms with E-state index in [1.54, 1.807) is 13.8 Å². The summed E-state index contributed by atoms with van der Waals surface area (Å²) >= 11 is 0. The van der Waals surface area contributed by atoms with Gasteiger partial charge in [0.1, 0.15) is 0 Å². The molecule has 1 heterocycles. The molecule has 0 amide bonds. The third-order valence-corrected chi connectivity index (χ3v) is 3.81. The van der Waals surface area contributed by atoms with Crippen molar-refractivity contribution in [3.8, 4) is 0 Å². The van der Waals surface area contributed by atoms with Crippen molar-refractivity contribution in [2.45, 2.75) is 45.2 Å². The summed E-state index contributed by atoms with van der Waals surface area (Å²) in [7, 11) is -3.35. The quantitative estimate of drug-likeness (QED) is 0.626. The van der Waals surface area contributed by atoms with Crippen molar-refractivity contribution in [3.63, 3.8) is 0 Å². The minimum absolute atomic E-state index is 0.0770. The van der Waals surface area contributed by atoms with Crippen LogP contribution in [0.3, 0.4) is 0 Å². The number of hydrogen-bond acceptors (Lipinski definition) is 3. The van der Waals surface area contributed by atoms with Gasteiger partial charge in [-0.1, -0.05) is 0 Å². The van der Waals surface area contributed by atoms with Crippen LogP contribution in [0.2, 0.25) is 0 Å². The van der Waals surface area contributed by atoms with Crippen molar-refractivity contribution in [3.05, 3.63) is 0 Å². The summed E-state index contributed by atoms with van der Waals surface area (Å²) in [5.41, 5.74) is -0.0915. The third kappa shape index (κ3) is 4.46. The highest BCUT2D eigenvalue weighted by molar-refractivity contribution is 7.87. The fraction of sp³-hybridized carbons (Fsp3) is 1.00. The molecule has 1 unspecified atom stereocenters. The molecular weight excluding hydrogens is 214 g/mol. The van der Waals surface area contributed by atoms with Gasteiger partial charge in [-0.2, -0.15) is 13.1 Å². The van der Waals surface area contributed by atoms with Gasteiger partial charge in [-0.25, -0.2) is 4.72 Å². The van der Waals surface area contributed by atoms with Crippen molar-refractivity contribution < 1.29 is 8.42 Å². The zero-order valence-corrected chi connectivity index (χ0v) is 10.4. The lowest BCUT2D eigenvalue weighted by Crippen LogP contribution is -2.50. The highest BCUT2D eigenvalue weighted by Crippen LogP contribution is 2.17. The summed E-state index contributed by atoms with van der Waals surface area (Å²) in [6, 6.07) is -0.0770. The summed E-state index contributed by atoms with van der Waals surface area (Å²) < 4.78 is 28.0. The van der Waals surface area contributed by atoms with Gasteiger partial charge in [0.05, 0.1) is 0 Å². The molecule has 15 heavy (non-hydrogen) atoms. The molecule has 0 aliphatic carbocycles. The van der Waals surface area contributed by atoms with Crippen molar-refractivity contribution >= 4 is 10.2 Å². The summed E-state index contributed by atoms with van der Waals surface area (Å²) in [6.45, 7) is 7.05. The first-order valence-corrected chi connectivity index (χ1v) is 6.83. The van der Waals surface area contributed by atoms with Gasteiger partial charge in [-0.15, -0.1) is 0 Å². The lowest BCUT2D eigenvalue weighted by Gasteiger charge is -2.24. The molecule has 1 aliphatic rings. The molecule has 1 rings (SSSR count). The molecule has 1 atom stereocenters. The van der Waals surface area contributed by atoms with Gasteiger partial charge >= 0.3 is 0 Å². The van der Waals surface area contributed by atoms with Gasteiger partial charge < -0.3 is 5.32 Å². The van der Waals surface area contributed by atoms with Crippen molar-refractivity contribution in [2.24, 2.45) is 0 Å². The Balaban J connectivity index is 2.42. The largest absolute Gasteiger partial charge is 0.310 e. The molecule has 1 fully saturated rings. The predicted molar refractivity (Wildman–Crippen MR) is 60.8 cm³/mol. The lowest BCUT2D eigenvalue weighted by atomic mass is 10.0. The maximum absolute atomic E-state index is 11.5. The van der Waals surface area contributed by atoms with Crippen LogP contribution in [0.15, 0.2) is 0 Å². The van der Waals surface area contributed by atoms with Crippen LogP contribution >= 0.6 is 0 Å². The molecule has 0 aromatic heterocycles. The van der Waals surface area contributed by atoms with E-state index in [2.05, 4.69) is 14.8 Å². The van der Waals surface area contributed by atoms with Crippen LogP contribution in [-0.2, 0) is 10.2 Å². The highest BCUT2D eigenvalue weighted by Gasteiger charge is 2.29. The SMILES string of the molecule is CC(C)NS(=O)(=O)NCC1(C)CCCN1. The molecule has 1 aliphatic heterocycles. The first-order valence-electron chi connectivity index (χ1n) is 5.35. The number of rotatable bonds is 5. The van der Waals surface area contributed by atoms with E-state index in [4.69, 9.17) is 0 Å². The van der Waals surface area contributed by atoms with E-state index in [0.29, 0.717) is 6.54 Å². The van der Waals surface area contributed by atoms with E-state index < -0.39 is 10.2 Å². The molecule has 0 saturated carbocycles. The Morgan fingerprint density at radius 1 is 1.47 bits per heavy atom. The van der Waals surface area contributed by atoms with Gasteiger partial charge in [-0.3, -0.25) is 0 Å². The monoisotopic (exact) mass is 235 g/mol. The molecule has 0 bridgehead atoms. The Labute approximate surface area is 92.2 Å². The van der Waals surface area contributed by atoms with E-state index in [-0.39, 0.29) is 11.6 Å². The molecular formula is C9H21N3O2S. The molecule has 6 heteroatoms. The average Bonchev–Trinajstić information content (AvgIpc) is 2.48. The van der Waals surface area contributed by atoms with E-state index in [0.717, 1.165) is 19.4 Å². The zero-order chi connectivity index (χ0) is 11.5. The number of nitrogens with one attached hydrogen (secondary N) is 3. The minimum Gasteiger partial charge on any atom is -0.310 e. The number of hydrogen-bond donors (Lipinski definition) is 3. The summed E-state index contributed by atoms with van der Waals surface area (Å²) in [5, 5.41) is 3.30.